The van der Waals surface area contributed by atoms with E-state index >= 15 is 0 Å². The van der Waals surface area contributed by atoms with Gasteiger partial charge in [0.2, 0.25) is 0 Å². The van der Waals surface area contributed by atoms with Crippen LogP contribution in [0.25, 0.3) is 16.6 Å². The Bertz CT molecular complexity index is 1300. The summed E-state index contributed by atoms with van der Waals surface area (Å²) in [7, 11) is 0. The van der Waals surface area contributed by atoms with Crippen LogP contribution in [0.1, 0.15) is 36.8 Å². The van der Waals surface area contributed by atoms with Crippen LogP contribution in [0, 0.1) is 5.92 Å². The van der Waals surface area contributed by atoms with Crippen molar-refractivity contribution in [2.45, 2.75) is 33.9 Å². The minimum absolute atomic E-state index is 0.152. The lowest BCUT2D eigenvalue weighted by Crippen LogP contribution is -2.25. The van der Waals surface area contributed by atoms with E-state index in [1.807, 2.05) is 55.5 Å². The summed E-state index contributed by atoms with van der Waals surface area (Å²) >= 11 is 0. The molecule has 1 amide bonds. The van der Waals surface area contributed by atoms with Crippen LogP contribution in [0.15, 0.2) is 59.4 Å². The topological polar surface area (TPSA) is 77.6 Å². The fourth-order valence-corrected chi connectivity index (χ4v) is 3.71. The van der Waals surface area contributed by atoms with E-state index in [1.165, 1.54) is 0 Å². The van der Waals surface area contributed by atoms with E-state index < -0.39 is 0 Å². The van der Waals surface area contributed by atoms with E-state index in [2.05, 4.69) is 24.3 Å². The largest absolute Gasteiger partial charge is 0.494 e. The molecule has 0 saturated carbocycles. The third-order valence-corrected chi connectivity index (χ3v) is 5.07. The third kappa shape index (κ3) is 4.03. The van der Waals surface area contributed by atoms with Gasteiger partial charge in [-0.3, -0.25) is 9.59 Å². The number of carbonyl (C=O) groups excluding carboxylic acids is 1. The van der Waals surface area contributed by atoms with E-state index in [-0.39, 0.29) is 17.2 Å². The number of hydrogen-bond acceptors (Lipinski definition) is 4. The van der Waals surface area contributed by atoms with Crippen molar-refractivity contribution in [2.24, 2.45) is 5.92 Å². The highest BCUT2D eigenvalue weighted by atomic mass is 16.5. The molecule has 31 heavy (non-hydrogen) atoms. The van der Waals surface area contributed by atoms with Gasteiger partial charge < -0.3 is 14.6 Å². The Labute approximate surface area is 180 Å². The first-order valence-corrected chi connectivity index (χ1v) is 10.5. The van der Waals surface area contributed by atoms with E-state index in [1.54, 1.807) is 15.1 Å². The highest BCUT2D eigenvalue weighted by Crippen LogP contribution is 2.19. The van der Waals surface area contributed by atoms with Crippen LogP contribution in [-0.4, -0.2) is 26.7 Å². The molecule has 0 aliphatic rings. The van der Waals surface area contributed by atoms with Gasteiger partial charge in [-0.1, -0.05) is 44.2 Å². The molecule has 0 spiro atoms. The zero-order valence-electron chi connectivity index (χ0n) is 18.0. The maximum absolute atomic E-state index is 13.2. The van der Waals surface area contributed by atoms with Crippen molar-refractivity contribution < 1.29 is 9.53 Å². The summed E-state index contributed by atoms with van der Waals surface area (Å²) in [6.45, 7) is 7.51. The molecule has 0 unspecified atom stereocenters. The Morgan fingerprint density at radius 2 is 1.77 bits per heavy atom. The van der Waals surface area contributed by atoms with E-state index in [4.69, 9.17) is 4.74 Å². The molecule has 0 saturated heterocycles. The summed E-state index contributed by atoms with van der Waals surface area (Å²) < 4.78 is 8.94. The molecule has 160 valence electrons. The van der Waals surface area contributed by atoms with Crippen molar-refractivity contribution in [1.82, 2.24) is 19.5 Å². The number of rotatable bonds is 7. The van der Waals surface area contributed by atoms with E-state index in [9.17, 15) is 9.59 Å². The normalized spacial score (nSPS) is 11.4. The first kappa shape index (κ1) is 20.7. The van der Waals surface area contributed by atoms with Crippen LogP contribution in [0.3, 0.4) is 0 Å². The molecule has 4 aromatic rings. The number of nitrogens with zero attached hydrogens (tertiary/aromatic N) is 3. The van der Waals surface area contributed by atoms with Crippen LogP contribution in [0.5, 0.6) is 5.75 Å². The Morgan fingerprint density at radius 3 is 2.52 bits per heavy atom. The predicted octanol–water partition coefficient (Wildman–Crippen LogP) is 3.63. The minimum Gasteiger partial charge on any atom is -0.494 e. The molecule has 7 nitrogen and oxygen atoms in total. The lowest BCUT2D eigenvalue weighted by molar-refractivity contribution is 0.0945. The molecule has 4 rings (SSSR count). The monoisotopic (exact) mass is 418 g/mol. The van der Waals surface area contributed by atoms with Gasteiger partial charge in [0.15, 0.2) is 5.69 Å². The highest BCUT2D eigenvalue weighted by molar-refractivity contribution is 5.94. The smallest absolute Gasteiger partial charge is 0.277 e. The molecule has 0 bridgehead atoms. The lowest BCUT2D eigenvalue weighted by atomic mass is 10.2. The maximum atomic E-state index is 13.2. The Morgan fingerprint density at radius 1 is 1.06 bits per heavy atom. The van der Waals surface area contributed by atoms with Crippen LogP contribution in [0.2, 0.25) is 0 Å². The van der Waals surface area contributed by atoms with Gasteiger partial charge in [-0.05, 0) is 31.0 Å². The van der Waals surface area contributed by atoms with Gasteiger partial charge in [-0.25, -0.2) is 4.52 Å². The van der Waals surface area contributed by atoms with Gasteiger partial charge in [0.1, 0.15) is 11.3 Å². The lowest BCUT2D eigenvalue weighted by Gasteiger charge is -2.13. The Hall–Kier alpha value is -3.61. The number of benzene rings is 2. The van der Waals surface area contributed by atoms with Gasteiger partial charge in [-0.15, -0.1) is 0 Å². The standard InChI is InChI=1S/C24H26N4O3/c1-4-31-22-12-8-5-9-17(22)14-25-23(29)18-13-21-24(30)27(15-16(2)3)19-10-6-7-11-20(19)28(21)26-18/h5-13,16H,4,14-15H2,1-3H3,(H,25,29). The molecule has 0 aliphatic carbocycles. The molecule has 1 N–H and O–H groups in total. The van der Waals surface area contributed by atoms with E-state index in [0.717, 1.165) is 22.3 Å². The molecule has 0 fully saturated rings. The molecular formula is C24H26N4O3. The second kappa shape index (κ2) is 8.63. The van der Waals surface area contributed by atoms with Gasteiger partial charge in [-0.2, -0.15) is 5.10 Å². The fraction of sp³-hybridized carbons (Fsp3) is 0.292. The number of hydrogen-bond donors (Lipinski definition) is 1. The molecule has 0 radical (unpaired) electrons. The Balaban J connectivity index is 1.69. The minimum atomic E-state index is -0.339. The first-order chi connectivity index (χ1) is 15.0. The molecule has 0 aliphatic heterocycles. The Kier molecular flexibility index (Phi) is 5.75. The molecule has 7 heteroatoms. The number of nitrogens with one attached hydrogen (secondary N) is 1. The number of amides is 1. The van der Waals surface area contributed by atoms with Crippen molar-refractivity contribution in [2.75, 3.05) is 6.61 Å². The fourth-order valence-electron chi connectivity index (χ4n) is 3.71. The van der Waals surface area contributed by atoms with Crippen LogP contribution < -0.4 is 15.6 Å². The quantitative estimate of drug-likeness (QED) is 0.497. The summed E-state index contributed by atoms with van der Waals surface area (Å²) in [5, 5.41) is 7.34. The second-order valence-electron chi connectivity index (χ2n) is 7.85. The van der Waals surface area contributed by atoms with Gasteiger partial charge >= 0.3 is 0 Å². The average molecular weight is 418 g/mol. The summed E-state index contributed by atoms with van der Waals surface area (Å²) in [5.41, 5.74) is 2.91. The summed E-state index contributed by atoms with van der Waals surface area (Å²) in [5.74, 6) is 0.705. The molecule has 2 aromatic heterocycles. The van der Waals surface area contributed by atoms with Crippen molar-refractivity contribution in [3.05, 3.63) is 76.2 Å². The third-order valence-electron chi connectivity index (χ3n) is 5.07. The van der Waals surface area contributed by atoms with Crippen LogP contribution in [0.4, 0.5) is 0 Å². The van der Waals surface area contributed by atoms with Crippen molar-refractivity contribution >= 4 is 22.5 Å². The van der Waals surface area contributed by atoms with Crippen LogP contribution in [-0.2, 0) is 13.1 Å². The molecule has 0 atom stereocenters. The van der Waals surface area contributed by atoms with Crippen LogP contribution >= 0.6 is 0 Å². The second-order valence-corrected chi connectivity index (χ2v) is 7.85. The summed E-state index contributed by atoms with van der Waals surface area (Å²) in [6, 6.07) is 16.8. The zero-order valence-corrected chi connectivity index (χ0v) is 18.0. The molecular weight excluding hydrogens is 392 g/mol. The highest BCUT2D eigenvalue weighted by Gasteiger charge is 2.18. The number of carbonyl (C=O) groups is 1. The van der Waals surface area contributed by atoms with Crippen molar-refractivity contribution in [3.8, 4) is 5.75 Å². The van der Waals surface area contributed by atoms with Gasteiger partial charge in [0, 0.05) is 24.7 Å². The molecule has 2 heterocycles. The maximum Gasteiger partial charge on any atom is 0.277 e. The van der Waals surface area contributed by atoms with Gasteiger partial charge in [0.25, 0.3) is 11.5 Å². The number of para-hydroxylation sites is 3. The average Bonchev–Trinajstić information content (AvgIpc) is 3.22. The van der Waals surface area contributed by atoms with Gasteiger partial charge in [0.05, 0.1) is 17.6 Å². The number of ether oxygens (including phenoxy) is 1. The number of fused-ring (bicyclic) bond motifs is 3. The summed E-state index contributed by atoms with van der Waals surface area (Å²) in [6.07, 6.45) is 0. The van der Waals surface area contributed by atoms with Crippen molar-refractivity contribution in [1.29, 1.82) is 0 Å². The first-order valence-electron chi connectivity index (χ1n) is 10.5. The predicted molar refractivity (Wildman–Crippen MR) is 121 cm³/mol. The van der Waals surface area contributed by atoms with Crippen molar-refractivity contribution in [3.63, 3.8) is 0 Å². The van der Waals surface area contributed by atoms with E-state index in [0.29, 0.717) is 31.1 Å². The number of aromatic nitrogens is 3. The summed E-state index contributed by atoms with van der Waals surface area (Å²) in [4.78, 5) is 26.0. The molecule has 2 aromatic carbocycles. The SMILES string of the molecule is CCOc1ccccc1CNC(=O)c1cc2c(=O)n(CC(C)C)c3ccccc3n2n1. The zero-order chi connectivity index (χ0) is 22.0.